The van der Waals surface area contributed by atoms with Crippen molar-refractivity contribution >= 4 is 5.91 Å². The van der Waals surface area contributed by atoms with Crippen molar-refractivity contribution in [3.8, 4) is 11.8 Å². The minimum atomic E-state index is 0.0794. The zero-order chi connectivity index (χ0) is 15.1. The zero-order valence-corrected chi connectivity index (χ0v) is 12.9. The average Bonchev–Trinajstić information content (AvgIpc) is 2.42. The molecule has 0 aliphatic carbocycles. The van der Waals surface area contributed by atoms with E-state index in [1.54, 1.807) is 0 Å². The molecule has 0 saturated heterocycles. The third-order valence-corrected chi connectivity index (χ3v) is 3.15. The van der Waals surface area contributed by atoms with Gasteiger partial charge in [-0.1, -0.05) is 24.8 Å². The largest absolute Gasteiger partial charge is 0.336 e. The Morgan fingerprint density at radius 3 is 2.65 bits per heavy atom. The molecule has 3 heteroatoms. The molecular weight excluding hydrogens is 248 g/mol. The summed E-state index contributed by atoms with van der Waals surface area (Å²) in [6, 6.07) is 5.93. The molecule has 0 bridgehead atoms. The molecule has 0 fully saturated rings. The van der Waals surface area contributed by atoms with Crippen LogP contribution in [0, 0.1) is 18.8 Å². The van der Waals surface area contributed by atoms with Crippen molar-refractivity contribution in [2.75, 3.05) is 13.1 Å². The monoisotopic (exact) mass is 272 g/mol. The number of rotatable bonds is 4. The van der Waals surface area contributed by atoms with E-state index in [1.165, 1.54) is 0 Å². The molecule has 1 amide bonds. The first-order valence-corrected chi connectivity index (χ1v) is 7.11. The van der Waals surface area contributed by atoms with Gasteiger partial charge in [-0.05, 0) is 44.9 Å². The second kappa shape index (κ2) is 7.72. The lowest BCUT2D eigenvalue weighted by molar-refractivity contribution is 0.0705. The standard InChI is InChI=1S/C17H24N2O/c1-5-11-19(13(2)3)17(20)16-12-15(7-6-10-18)9-8-14(16)4/h8-9,12-13H,5,10-11,18H2,1-4H3. The van der Waals surface area contributed by atoms with Crippen LogP contribution in [-0.4, -0.2) is 29.9 Å². The molecule has 0 atom stereocenters. The second-order valence-electron chi connectivity index (χ2n) is 5.13. The van der Waals surface area contributed by atoms with Crippen LogP contribution < -0.4 is 5.73 Å². The van der Waals surface area contributed by atoms with E-state index >= 15 is 0 Å². The molecular formula is C17H24N2O. The summed E-state index contributed by atoms with van der Waals surface area (Å²) in [6.45, 7) is 9.22. The minimum Gasteiger partial charge on any atom is -0.336 e. The molecule has 0 unspecified atom stereocenters. The molecule has 1 rings (SSSR count). The Morgan fingerprint density at radius 2 is 2.10 bits per heavy atom. The Bertz CT molecular complexity index is 524. The molecule has 108 valence electrons. The molecule has 1 aromatic carbocycles. The van der Waals surface area contributed by atoms with Crippen molar-refractivity contribution in [2.24, 2.45) is 5.73 Å². The summed E-state index contributed by atoms with van der Waals surface area (Å²) >= 11 is 0. The Labute approximate surface area is 122 Å². The lowest BCUT2D eigenvalue weighted by atomic mass is 10.0. The quantitative estimate of drug-likeness (QED) is 0.856. The van der Waals surface area contributed by atoms with Crippen molar-refractivity contribution in [1.29, 1.82) is 0 Å². The Hall–Kier alpha value is -1.79. The van der Waals surface area contributed by atoms with E-state index < -0.39 is 0 Å². The van der Waals surface area contributed by atoms with Crippen LogP contribution in [0.1, 0.15) is 48.7 Å². The van der Waals surface area contributed by atoms with Gasteiger partial charge < -0.3 is 10.6 Å². The van der Waals surface area contributed by atoms with Gasteiger partial charge in [0.1, 0.15) is 0 Å². The highest BCUT2D eigenvalue weighted by atomic mass is 16.2. The first-order chi connectivity index (χ1) is 9.51. The molecule has 0 spiro atoms. The van der Waals surface area contributed by atoms with Gasteiger partial charge in [-0.2, -0.15) is 0 Å². The van der Waals surface area contributed by atoms with E-state index in [2.05, 4.69) is 18.8 Å². The van der Waals surface area contributed by atoms with Crippen LogP contribution in [-0.2, 0) is 0 Å². The van der Waals surface area contributed by atoms with Crippen molar-refractivity contribution in [2.45, 2.75) is 40.2 Å². The molecule has 0 aromatic heterocycles. The molecule has 2 N–H and O–H groups in total. The van der Waals surface area contributed by atoms with Crippen LogP contribution >= 0.6 is 0 Å². The summed E-state index contributed by atoms with van der Waals surface area (Å²) < 4.78 is 0. The van der Waals surface area contributed by atoms with E-state index in [0.717, 1.165) is 29.7 Å². The Balaban J connectivity index is 3.13. The minimum absolute atomic E-state index is 0.0794. The van der Waals surface area contributed by atoms with Crippen LogP contribution in [0.2, 0.25) is 0 Å². The normalized spacial score (nSPS) is 10.1. The lowest BCUT2D eigenvalue weighted by Crippen LogP contribution is -2.37. The van der Waals surface area contributed by atoms with Crippen molar-refractivity contribution in [3.05, 3.63) is 34.9 Å². The smallest absolute Gasteiger partial charge is 0.254 e. The topological polar surface area (TPSA) is 46.3 Å². The third kappa shape index (κ3) is 4.11. The lowest BCUT2D eigenvalue weighted by Gasteiger charge is -2.27. The van der Waals surface area contributed by atoms with E-state index in [9.17, 15) is 4.79 Å². The molecule has 0 aliphatic rings. The highest BCUT2D eigenvalue weighted by Gasteiger charge is 2.19. The SMILES string of the molecule is CCCN(C(=O)c1cc(C#CCN)ccc1C)C(C)C. The fourth-order valence-corrected chi connectivity index (χ4v) is 2.07. The van der Waals surface area contributed by atoms with Gasteiger partial charge in [-0.3, -0.25) is 4.79 Å². The van der Waals surface area contributed by atoms with Crippen LogP contribution in [0.3, 0.4) is 0 Å². The number of carbonyl (C=O) groups is 1. The first kappa shape index (κ1) is 16.3. The summed E-state index contributed by atoms with van der Waals surface area (Å²) in [5.74, 6) is 5.88. The van der Waals surface area contributed by atoms with Gasteiger partial charge in [0.25, 0.3) is 5.91 Å². The molecule has 0 heterocycles. The van der Waals surface area contributed by atoms with Gasteiger partial charge >= 0.3 is 0 Å². The van der Waals surface area contributed by atoms with E-state index in [-0.39, 0.29) is 11.9 Å². The summed E-state index contributed by atoms with van der Waals surface area (Å²) in [5, 5.41) is 0. The van der Waals surface area contributed by atoms with E-state index in [1.807, 2.05) is 43.9 Å². The zero-order valence-electron chi connectivity index (χ0n) is 12.9. The van der Waals surface area contributed by atoms with Gasteiger partial charge in [0, 0.05) is 23.7 Å². The number of carbonyl (C=O) groups excluding carboxylic acids is 1. The highest BCUT2D eigenvalue weighted by molar-refractivity contribution is 5.96. The summed E-state index contributed by atoms with van der Waals surface area (Å²) in [7, 11) is 0. The molecule has 3 nitrogen and oxygen atoms in total. The number of nitrogens with two attached hydrogens (primary N) is 1. The summed E-state index contributed by atoms with van der Waals surface area (Å²) in [5.41, 5.74) is 7.93. The maximum Gasteiger partial charge on any atom is 0.254 e. The third-order valence-electron chi connectivity index (χ3n) is 3.15. The van der Waals surface area contributed by atoms with Gasteiger partial charge in [-0.25, -0.2) is 0 Å². The number of hydrogen-bond acceptors (Lipinski definition) is 2. The van der Waals surface area contributed by atoms with Crippen LogP contribution in [0.15, 0.2) is 18.2 Å². The number of benzene rings is 1. The summed E-state index contributed by atoms with van der Waals surface area (Å²) in [6.07, 6.45) is 0.954. The highest BCUT2D eigenvalue weighted by Crippen LogP contribution is 2.15. The number of amides is 1. The molecule has 20 heavy (non-hydrogen) atoms. The number of hydrogen-bond donors (Lipinski definition) is 1. The maximum atomic E-state index is 12.7. The number of aryl methyl sites for hydroxylation is 1. The number of nitrogens with zero attached hydrogens (tertiary/aromatic N) is 1. The van der Waals surface area contributed by atoms with Crippen molar-refractivity contribution in [3.63, 3.8) is 0 Å². The van der Waals surface area contributed by atoms with Gasteiger partial charge in [-0.15, -0.1) is 0 Å². The van der Waals surface area contributed by atoms with Gasteiger partial charge in [0.15, 0.2) is 0 Å². The Kier molecular flexibility index (Phi) is 6.27. The van der Waals surface area contributed by atoms with Gasteiger partial charge in [0.05, 0.1) is 6.54 Å². The molecule has 0 saturated carbocycles. The van der Waals surface area contributed by atoms with E-state index in [0.29, 0.717) is 6.54 Å². The van der Waals surface area contributed by atoms with Gasteiger partial charge in [0.2, 0.25) is 0 Å². The predicted molar refractivity (Wildman–Crippen MR) is 83.6 cm³/mol. The fourth-order valence-electron chi connectivity index (χ4n) is 2.07. The summed E-state index contributed by atoms with van der Waals surface area (Å²) in [4.78, 5) is 14.6. The van der Waals surface area contributed by atoms with Crippen LogP contribution in [0.5, 0.6) is 0 Å². The molecule has 0 radical (unpaired) electrons. The van der Waals surface area contributed by atoms with Crippen LogP contribution in [0.4, 0.5) is 0 Å². The average molecular weight is 272 g/mol. The molecule has 1 aromatic rings. The first-order valence-electron chi connectivity index (χ1n) is 7.11. The predicted octanol–water partition coefficient (Wildman–Crippen LogP) is 2.57. The second-order valence-corrected chi connectivity index (χ2v) is 5.13. The van der Waals surface area contributed by atoms with Crippen molar-refractivity contribution < 1.29 is 4.79 Å². The molecule has 0 aliphatic heterocycles. The fraction of sp³-hybridized carbons (Fsp3) is 0.471. The Morgan fingerprint density at radius 1 is 1.40 bits per heavy atom. The van der Waals surface area contributed by atoms with E-state index in [4.69, 9.17) is 5.73 Å². The van der Waals surface area contributed by atoms with Crippen molar-refractivity contribution in [1.82, 2.24) is 4.90 Å². The van der Waals surface area contributed by atoms with Crippen LogP contribution in [0.25, 0.3) is 0 Å². The maximum absolute atomic E-state index is 12.7.